The highest BCUT2D eigenvalue weighted by molar-refractivity contribution is 9.11. The van der Waals surface area contributed by atoms with Gasteiger partial charge in [-0.3, -0.25) is 0 Å². The Balaban J connectivity index is 2.65. The minimum absolute atomic E-state index is 0.327. The van der Waals surface area contributed by atoms with Crippen molar-refractivity contribution in [2.45, 2.75) is 19.6 Å². The van der Waals surface area contributed by atoms with E-state index in [0.717, 1.165) is 20.3 Å². The van der Waals surface area contributed by atoms with Gasteiger partial charge in [0.15, 0.2) is 0 Å². The zero-order chi connectivity index (χ0) is 14.3. The Morgan fingerprint density at radius 3 is 2.74 bits per heavy atom. The third-order valence-corrected chi connectivity index (χ3v) is 3.48. The van der Waals surface area contributed by atoms with Gasteiger partial charge in [0.1, 0.15) is 5.75 Å². The molecule has 0 amide bonds. The van der Waals surface area contributed by atoms with Gasteiger partial charge in [-0.25, -0.2) is 0 Å². The molecule has 1 unspecified atom stereocenters. The molecule has 0 saturated heterocycles. The summed E-state index contributed by atoms with van der Waals surface area (Å²) < 4.78 is 12.4. The molecule has 1 rings (SSSR count). The second-order valence-electron chi connectivity index (χ2n) is 4.05. The molecule has 2 N–H and O–H groups in total. The van der Waals surface area contributed by atoms with Crippen molar-refractivity contribution in [1.29, 1.82) is 0 Å². The van der Waals surface area contributed by atoms with Gasteiger partial charge in [-0.1, -0.05) is 15.9 Å². The average molecular weight is 397 g/mol. The number of nitrogens with one attached hydrogen (secondary N) is 1. The summed E-state index contributed by atoms with van der Waals surface area (Å²) in [5.74, 6) is 0.833. The van der Waals surface area contributed by atoms with Gasteiger partial charge in [-0.15, -0.1) is 0 Å². The lowest BCUT2D eigenvalue weighted by atomic mass is 10.2. The van der Waals surface area contributed by atoms with E-state index >= 15 is 0 Å². The molecule has 4 nitrogen and oxygen atoms in total. The second-order valence-corrected chi connectivity index (χ2v) is 5.82. The van der Waals surface area contributed by atoms with E-state index in [-0.39, 0.29) is 0 Å². The molecule has 0 aliphatic rings. The fraction of sp³-hybridized carbons (Fsp3) is 0.538. The molecule has 108 valence electrons. The number of halogens is 2. The lowest BCUT2D eigenvalue weighted by Gasteiger charge is -2.15. The van der Waals surface area contributed by atoms with Crippen molar-refractivity contribution in [1.82, 2.24) is 5.32 Å². The number of benzene rings is 1. The van der Waals surface area contributed by atoms with Crippen molar-refractivity contribution in [2.24, 2.45) is 0 Å². The first-order valence-electron chi connectivity index (χ1n) is 6.06. The van der Waals surface area contributed by atoms with Crippen molar-refractivity contribution in [3.63, 3.8) is 0 Å². The lowest BCUT2D eigenvalue weighted by Crippen LogP contribution is -2.29. The quantitative estimate of drug-likeness (QED) is 0.709. The number of hydrogen-bond acceptors (Lipinski definition) is 4. The first-order chi connectivity index (χ1) is 9.08. The minimum Gasteiger partial charge on any atom is -0.492 e. The van der Waals surface area contributed by atoms with Crippen LogP contribution < -0.4 is 10.1 Å². The molecule has 1 aromatic carbocycles. The maximum atomic E-state index is 9.57. The minimum atomic E-state index is -0.504. The fourth-order valence-electron chi connectivity index (χ4n) is 1.68. The van der Waals surface area contributed by atoms with Crippen LogP contribution in [0.25, 0.3) is 0 Å². The molecule has 0 saturated carbocycles. The van der Waals surface area contributed by atoms with E-state index in [2.05, 4.69) is 37.2 Å². The number of methoxy groups -OCH3 is 1. The van der Waals surface area contributed by atoms with Crippen molar-refractivity contribution in [3.8, 4) is 5.75 Å². The Kier molecular flexibility index (Phi) is 7.94. The summed E-state index contributed by atoms with van der Waals surface area (Å²) >= 11 is 6.95. The molecule has 0 spiro atoms. The lowest BCUT2D eigenvalue weighted by molar-refractivity contribution is 0.0643. The average Bonchev–Trinajstić information content (AvgIpc) is 2.33. The van der Waals surface area contributed by atoms with E-state index in [4.69, 9.17) is 9.47 Å². The molecule has 0 aliphatic carbocycles. The molecule has 0 aliphatic heterocycles. The smallest absolute Gasteiger partial charge is 0.138 e. The Bertz CT molecular complexity index is 402. The molecule has 0 bridgehead atoms. The summed E-state index contributed by atoms with van der Waals surface area (Å²) in [4.78, 5) is 0. The van der Waals surface area contributed by atoms with Gasteiger partial charge in [0.05, 0.1) is 23.8 Å². The number of hydrogen-bond donors (Lipinski definition) is 2. The maximum absolute atomic E-state index is 9.57. The number of rotatable bonds is 8. The third-order valence-electron chi connectivity index (χ3n) is 2.43. The highest BCUT2D eigenvalue weighted by Gasteiger charge is 2.10. The van der Waals surface area contributed by atoms with Gasteiger partial charge in [-0.2, -0.15) is 0 Å². The first kappa shape index (κ1) is 16.9. The van der Waals surface area contributed by atoms with Gasteiger partial charge in [0.2, 0.25) is 0 Å². The number of aliphatic hydroxyl groups is 1. The van der Waals surface area contributed by atoms with Gasteiger partial charge >= 0.3 is 0 Å². The van der Waals surface area contributed by atoms with Crippen molar-refractivity contribution >= 4 is 31.9 Å². The molecule has 1 atom stereocenters. The SMILES string of the molecule is CCOc1c(Br)cc(Br)cc1CNCC(O)COC. The van der Waals surface area contributed by atoms with Crippen molar-refractivity contribution in [3.05, 3.63) is 26.6 Å². The topological polar surface area (TPSA) is 50.7 Å². The Morgan fingerprint density at radius 1 is 1.37 bits per heavy atom. The van der Waals surface area contributed by atoms with Crippen LogP contribution in [-0.4, -0.2) is 38.1 Å². The predicted octanol–water partition coefficient (Wildman–Crippen LogP) is 2.71. The van der Waals surface area contributed by atoms with Crippen LogP contribution in [0.1, 0.15) is 12.5 Å². The Hall–Kier alpha value is -0.140. The van der Waals surface area contributed by atoms with Gasteiger partial charge in [0, 0.05) is 30.2 Å². The van der Waals surface area contributed by atoms with Crippen molar-refractivity contribution in [2.75, 3.05) is 26.9 Å². The molecule has 0 aromatic heterocycles. The summed E-state index contributed by atoms with van der Waals surface area (Å²) in [7, 11) is 1.57. The Morgan fingerprint density at radius 2 is 2.11 bits per heavy atom. The van der Waals surface area contributed by atoms with Gasteiger partial charge in [-0.05, 0) is 35.0 Å². The van der Waals surface area contributed by atoms with Crippen LogP contribution in [0.4, 0.5) is 0 Å². The standard InChI is InChI=1S/C13H19Br2NO3/c1-3-19-13-9(4-10(14)5-12(13)15)6-16-7-11(17)8-18-2/h4-5,11,16-17H,3,6-8H2,1-2H3. The third kappa shape index (κ3) is 5.79. The molecule has 6 heteroatoms. The number of ether oxygens (including phenoxy) is 2. The van der Waals surface area contributed by atoms with Gasteiger partial charge in [0.25, 0.3) is 0 Å². The molecule has 0 radical (unpaired) electrons. The molecular formula is C13H19Br2NO3. The normalized spacial score (nSPS) is 12.5. The summed E-state index contributed by atoms with van der Waals surface area (Å²) in [6.07, 6.45) is -0.504. The second kappa shape index (κ2) is 8.92. The Labute approximate surface area is 130 Å². The molecule has 0 fully saturated rings. The van der Waals surface area contributed by atoms with E-state index in [1.807, 2.05) is 19.1 Å². The fourth-order valence-corrected chi connectivity index (χ4v) is 3.10. The van der Waals surface area contributed by atoms with E-state index in [1.54, 1.807) is 7.11 Å². The number of aliphatic hydroxyl groups excluding tert-OH is 1. The molecular weight excluding hydrogens is 378 g/mol. The first-order valence-corrected chi connectivity index (χ1v) is 7.65. The van der Waals surface area contributed by atoms with Crippen LogP contribution in [0, 0.1) is 0 Å². The van der Waals surface area contributed by atoms with E-state index in [1.165, 1.54) is 0 Å². The van der Waals surface area contributed by atoms with Crippen LogP contribution in [0.15, 0.2) is 21.1 Å². The van der Waals surface area contributed by atoms with E-state index in [0.29, 0.717) is 26.3 Å². The van der Waals surface area contributed by atoms with Crippen LogP contribution in [-0.2, 0) is 11.3 Å². The van der Waals surface area contributed by atoms with E-state index < -0.39 is 6.10 Å². The highest BCUT2D eigenvalue weighted by Crippen LogP contribution is 2.32. The summed E-state index contributed by atoms with van der Waals surface area (Å²) in [5, 5.41) is 12.8. The largest absolute Gasteiger partial charge is 0.492 e. The zero-order valence-corrected chi connectivity index (χ0v) is 14.3. The summed E-state index contributed by atoms with van der Waals surface area (Å²) in [6, 6.07) is 3.96. The summed E-state index contributed by atoms with van der Waals surface area (Å²) in [5.41, 5.74) is 1.03. The van der Waals surface area contributed by atoms with Crippen LogP contribution in [0.3, 0.4) is 0 Å². The highest BCUT2D eigenvalue weighted by atomic mass is 79.9. The molecule has 1 aromatic rings. The van der Waals surface area contributed by atoms with Crippen molar-refractivity contribution < 1.29 is 14.6 Å². The molecule has 0 heterocycles. The molecule has 19 heavy (non-hydrogen) atoms. The maximum Gasteiger partial charge on any atom is 0.138 e. The summed E-state index contributed by atoms with van der Waals surface area (Å²) in [6.45, 7) is 3.98. The van der Waals surface area contributed by atoms with E-state index in [9.17, 15) is 5.11 Å². The van der Waals surface area contributed by atoms with Gasteiger partial charge < -0.3 is 19.9 Å². The van der Waals surface area contributed by atoms with Crippen LogP contribution in [0.2, 0.25) is 0 Å². The monoisotopic (exact) mass is 395 g/mol. The predicted molar refractivity (Wildman–Crippen MR) is 82.6 cm³/mol. The van der Waals surface area contributed by atoms with Crippen LogP contribution in [0.5, 0.6) is 5.75 Å². The van der Waals surface area contributed by atoms with Crippen LogP contribution >= 0.6 is 31.9 Å². The zero-order valence-electron chi connectivity index (χ0n) is 11.1.